The fourth-order valence-electron chi connectivity index (χ4n) is 1.27. The zero-order chi connectivity index (χ0) is 11.1. The Kier molecular flexibility index (Phi) is 6.54. The van der Waals surface area contributed by atoms with E-state index in [2.05, 4.69) is 6.92 Å². The van der Waals surface area contributed by atoms with E-state index in [-0.39, 0.29) is 17.9 Å². The molecule has 0 saturated heterocycles. The van der Waals surface area contributed by atoms with Gasteiger partial charge in [-0.25, -0.2) is 0 Å². The zero-order valence-electron chi connectivity index (χ0n) is 9.92. The molecule has 84 valence electrons. The first kappa shape index (κ1) is 13.4. The van der Waals surface area contributed by atoms with Gasteiger partial charge in [-0.1, -0.05) is 27.2 Å². The van der Waals surface area contributed by atoms with Crippen molar-refractivity contribution < 1.29 is 4.79 Å². The Labute approximate surface area is 87.6 Å². The molecular weight excluding hydrogens is 176 g/mol. The van der Waals surface area contributed by atoms with Crippen molar-refractivity contribution in [3.8, 4) is 0 Å². The molecule has 3 heteroatoms. The van der Waals surface area contributed by atoms with Crippen LogP contribution in [0.25, 0.3) is 0 Å². The molecule has 0 heterocycles. The smallest absolute Gasteiger partial charge is 0.239 e. The van der Waals surface area contributed by atoms with Crippen LogP contribution < -0.4 is 5.73 Å². The van der Waals surface area contributed by atoms with E-state index in [0.29, 0.717) is 0 Å². The van der Waals surface area contributed by atoms with Crippen molar-refractivity contribution >= 4 is 5.91 Å². The first-order valence-corrected chi connectivity index (χ1v) is 5.58. The summed E-state index contributed by atoms with van der Waals surface area (Å²) in [5, 5.41) is 0. The third-order valence-corrected chi connectivity index (χ3v) is 2.48. The van der Waals surface area contributed by atoms with Crippen LogP contribution in [-0.4, -0.2) is 29.9 Å². The molecule has 0 rings (SSSR count). The van der Waals surface area contributed by atoms with Crippen molar-refractivity contribution in [2.24, 2.45) is 11.7 Å². The Morgan fingerprint density at radius 3 is 2.29 bits per heavy atom. The zero-order valence-corrected chi connectivity index (χ0v) is 9.92. The van der Waals surface area contributed by atoms with Crippen LogP contribution >= 0.6 is 0 Å². The number of carbonyl (C=O) groups excluding carboxylic acids is 1. The molecule has 0 fully saturated rings. The Morgan fingerprint density at radius 2 is 1.93 bits per heavy atom. The van der Waals surface area contributed by atoms with Gasteiger partial charge in [0.2, 0.25) is 5.91 Å². The minimum atomic E-state index is -0.341. The summed E-state index contributed by atoms with van der Waals surface area (Å²) in [7, 11) is 0. The van der Waals surface area contributed by atoms with Crippen LogP contribution in [0.2, 0.25) is 0 Å². The molecular formula is C11H24N2O. The second-order valence-electron chi connectivity index (χ2n) is 4.04. The lowest BCUT2D eigenvalue weighted by Crippen LogP contribution is -2.46. The highest BCUT2D eigenvalue weighted by Gasteiger charge is 2.21. The molecule has 1 atom stereocenters. The molecule has 0 unspecified atom stereocenters. The van der Waals surface area contributed by atoms with E-state index in [9.17, 15) is 4.79 Å². The molecule has 0 radical (unpaired) electrons. The fourth-order valence-corrected chi connectivity index (χ4v) is 1.27. The van der Waals surface area contributed by atoms with Crippen LogP contribution in [-0.2, 0) is 4.79 Å². The summed E-state index contributed by atoms with van der Waals surface area (Å²) in [6.07, 6.45) is 2.17. The summed E-state index contributed by atoms with van der Waals surface area (Å²) in [6.45, 7) is 9.69. The normalized spacial score (nSPS) is 13.0. The number of hydrogen-bond acceptors (Lipinski definition) is 2. The van der Waals surface area contributed by atoms with Crippen molar-refractivity contribution in [1.29, 1.82) is 0 Å². The maximum absolute atomic E-state index is 11.8. The van der Waals surface area contributed by atoms with Crippen LogP contribution in [0.3, 0.4) is 0 Å². The monoisotopic (exact) mass is 200 g/mol. The van der Waals surface area contributed by atoms with Gasteiger partial charge in [0.1, 0.15) is 0 Å². The van der Waals surface area contributed by atoms with E-state index >= 15 is 0 Å². The van der Waals surface area contributed by atoms with E-state index < -0.39 is 0 Å². The molecule has 1 amide bonds. The Hall–Kier alpha value is -0.570. The van der Waals surface area contributed by atoms with Gasteiger partial charge in [-0.2, -0.15) is 0 Å². The molecule has 0 aliphatic heterocycles. The maximum atomic E-state index is 11.8. The summed E-state index contributed by atoms with van der Waals surface area (Å²) < 4.78 is 0. The van der Waals surface area contributed by atoms with E-state index in [1.54, 1.807) is 0 Å². The molecule has 0 aromatic carbocycles. The lowest BCUT2D eigenvalue weighted by Gasteiger charge is -2.25. The summed E-state index contributed by atoms with van der Waals surface area (Å²) >= 11 is 0. The van der Waals surface area contributed by atoms with E-state index in [1.165, 1.54) is 0 Å². The number of likely N-dealkylation sites (N-methyl/N-ethyl adjacent to an activating group) is 1. The van der Waals surface area contributed by atoms with Gasteiger partial charge in [-0.05, 0) is 19.3 Å². The first-order valence-electron chi connectivity index (χ1n) is 5.58. The van der Waals surface area contributed by atoms with Gasteiger partial charge in [0.05, 0.1) is 6.04 Å². The first-order chi connectivity index (χ1) is 6.54. The number of carbonyl (C=O) groups is 1. The largest absolute Gasteiger partial charge is 0.342 e. The van der Waals surface area contributed by atoms with Gasteiger partial charge in [-0.15, -0.1) is 0 Å². The van der Waals surface area contributed by atoms with Crippen LogP contribution in [0, 0.1) is 5.92 Å². The Morgan fingerprint density at radius 1 is 1.36 bits per heavy atom. The highest BCUT2D eigenvalue weighted by Crippen LogP contribution is 2.04. The van der Waals surface area contributed by atoms with Crippen LogP contribution in [0.5, 0.6) is 0 Å². The lowest BCUT2D eigenvalue weighted by atomic mass is 10.0. The quantitative estimate of drug-likeness (QED) is 0.708. The summed E-state index contributed by atoms with van der Waals surface area (Å²) in [5.41, 5.74) is 5.82. The van der Waals surface area contributed by atoms with E-state index in [1.807, 2.05) is 25.7 Å². The number of nitrogens with zero attached hydrogens (tertiary/aromatic N) is 1. The molecule has 0 saturated carbocycles. The predicted molar refractivity (Wildman–Crippen MR) is 60.0 cm³/mol. The van der Waals surface area contributed by atoms with Gasteiger partial charge >= 0.3 is 0 Å². The van der Waals surface area contributed by atoms with E-state index in [0.717, 1.165) is 25.9 Å². The highest BCUT2D eigenvalue weighted by molar-refractivity contribution is 5.81. The van der Waals surface area contributed by atoms with Crippen LogP contribution in [0.1, 0.15) is 40.5 Å². The molecule has 0 aromatic heterocycles. The lowest BCUT2D eigenvalue weighted by molar-refractivity contribution is -0.133. The van der Waals surface area contributed by atoms with Crippen LogP contribution in [0.15, 0.2) is 0 Å². The molecule has 2 N–H and O–H groups in total. The number of hydrogen-bond donors (Lipinski definition) is 1. The average molecular weight is 200 g/mol. The SMILES string of the molecule is CCCCN(CC)C(=O)[C@H](N)C(C)C. The Bertz CT molecular complexity index is 169. The minimum absolute atomic E-state index is 0.0935. The molecule has 0 aromatic rings. The number of rotatable bonds is 6. The standard InChI is InChI=1S/C11H24N2O/c1-5-7-8-13(6-2)11(14)10(12)9(3)4/h9-10H,5-8,12H2,1-4H3/t10-/m1/s1. The third kappa shape index (κ3) is 4.09. The fraction of sp³-hybridized carbons (Fsp3) is 0.909. The van der Waals surface area contributed by atoms with Crippen LogP contribution in [0.4, 0.5) is 0 Å². The van der Waals surface area contributed by atoms with Gasteiger partial charge in [0, 0.05) is 13.1 Å². The second-order valence-corrected chi connectivity index (χ2v) is 4.04. The van der Waals surface area contributed by atoms with Crippen molar-refractivity contribution in [3.63, 3.8) is 0 Å². The van der Waals surface area contributed by atoms with Crippen molar-refractivity contribution in [2.45, 2.75) is 46.6 Å². The third-order valence-electron chi connectivity index (χ3n) is 2.48. The number of nitrogens with two attached hydrogens (primary N) is 1. The molecule has 0 spiro atoms. The molecule has 0 aliphatic carbocycles. The molecule has 0 bridgehead atoms. The predicted octanol–water partition coefficient (Wildman–Crippen LogP) is 1.62. The summed E-state index contributed by atoms with van der Waals surface area (Å²) in [6, 6.07) is -0.341. The second kappa shape index (κ2) is 6.82. The average Bonchev–Trinajstić information content (AvgIpc) is 2.17. The molecule has 3 nitrogen and oxygen atoms in total. The van der Waals surface area contributed by atoms with Gasteiger partial charge in [-0.3, -0.25) is 4.79 Å². The van der Waals surface area contributed by atoms with Gasteiger partial charge < -0.3 is 10.6 Å². The van der Waals surface area contributed by atoms with Gasteiger partial charge in [0.25, 0.3) is 0 Å². The number of unbranched alkanes of at least 4 members (excludes halogenated alkanes) is 1. The van der Waals surface area contributed by atoms with Gasteiger partial charge in [0.15, 0.2) is 0 Å². The maximum Gasteiger partial charge on any atom is 0.239 e. The van der Waals surface area contributed by atoms with Crippen molar-refractivity contribution in [1.82, 2.24) is 4.90 Å². The Balaban J connectivity index is 4.16. The van der Waals surface area contributed by atoms with E-state index in [4.69, 9.17) is 5.73 Å². The molecule has 14 heavy (non-hydrogen) atoms. The summed E-state index contributed by atoms with van der Waals surface area (Å²) in [5.74, 6) is 0.314. The molecule has 0 aliphatic rings. The minimum Gasteiger partial charge on any atom is -0.342 e. The van der Waals surface area contributed by atoms with Crippen molar-refractivity contribution in [3.05, 3.63) is 0 Å². The summed E-state index contributed by atoms with van der Waals surface area (Å²) in [4.78, 5) is 13.7. The topological polar surface area (TPSA) is 46.3 Å². The van der Waals surface area contributed by atoms with Crippen molar-refractivity contribution in [2.75, 3.05) is 13.1 Å². The number of amides is 1. The highest BCUT2D eigenvalue weighted by atomic mass is 16.2.